The molecule has 1 fully saturated rings. The normalized spacial score (nSPS) is 14.6. The van der Waals surface area contributed by atoms with Crippen molar-refractivity contribution in [1.29, 1.82) is 0 Å². The molecular formula is C13H11ClFN3. The highest BCUT2D eigenvalue weighted by Gasteiger charge is 2.27. The number of halogens is 2. The Kier molecular flexibility index (Phi) is 2.88. The highest BCUT2D eigenvalue weighted by Crippen LogP contribution is 2.38. The van der Waals surface area contributed by atoms with E-state index in [1.165, 1.54) is 12.1 Å². The van der Waals surface area contributed by atoms with Gasteiger partial charge in [-0.25, -0.2) is 14.4 Å². The number of anilines is 2. The average Bonchev–Trinajstić information content (AvgIpc) is 3.15. The van der Waals surface area contributed by atoms with Gasteiger partial charge in [0.2, 0.25) is 0 Å². The molecule has 3 nitrogen and oxygen atoms in total. The lowest BCUT2D eigenvalue weighted by Crippen LogP contribution is -1.99. The molecule has 0 atom stereocenters. The second kappa shape index (κ2) is 4.53. The maximum atomic E-state index is 12.8. The summed E-state index contributed by atoms with van der Waals surface area (Å²) in [5, 5.41) is 3.52. The fraction of sp³-hybridized carbons (Fsp3) is 0.231. The van der Waals surface area contributed by atoms with Gasteiger partial charge in [-0.3, -0.25) is 0 Å². The van der Waals surface area contributed by atoms with Gasteiger partial charge in [0.25, 0.3) is 0 Å². The molecular weight excluding hydrogens is 253 g/mol. The number of hydrogen-bond donors (Lipinski definition) is 1. The van der Waals surface area contributed by atoms with Crippen LogP contribution in [-0.2, 0) is 0 Å². The van der Waals surface area contributed by atoms with Crippen LogP contribution in [0.4, 0.5) is 15.9 Å². The van der Waals surface area contributed by atoms with Crippen molar-refractivity contribution in [3.8, 4) is 0 Å². The van der Waals surface area contributed by atoms with Crippen LogP contribution in [0.1, 0.15) is 24.6 Å². The van der Waals surface area contributed by atoms with E-state index in [4.69, 9.17) is 11.6 Å². The summed E-state index contributed by atoms with van der Waals surface area (Å²) in [6.07, 6.45) is 2.24. The van der Waals surface area contributed by atoms with Gasteiger partial charge in [-0.2, -0.15) is 0 Å². The summed E-state index contributed by atoms with van der Waals surface area (Å²) in [5.41, 5.74) is 0.771. The highest BCUT2D eigenvalue weighted by molar-refractivity contribution is 6.29. The first-order valence-electron chi connectivity index (χ1n) is 5.78. The van der Waals surface area contributed by atoms with Crippen LogP contribution in [0.15, 0.2) is 30.3 Å². The molecule has 1 heterocycles. The molecule has 0 amide bonds. The first-order chi connectivity index (χ1) is 8.70. The van der Waals surface area contributed by atoms with Crippen LogP contribution in [0.5, 0.6) is 0 Å². The summed E-state index contributed by atoms with van der Waals surface area (Å²) in [4.78, 5) is 8.62. The fourth-order valence-electron chi connectivity index (χ4n) is 1.70. The van der Waals surface area contributed by atoms with Crippen molar-refractivity contribution in [1.82, 2.24) is 9.97 Å². The quantitative estimate of drug-likeness (QED) is 0.854. The second-order valence-electron chi connectivity index (χ2n) is 4.34. The number of nitrogens with zero attached hydrogens (tertiary/aromatic N) is 2. The first-order valence-corrected chi connectivity index (χ1v) is 6.15. The largest absolute Gasteiger partial charge is 0.340 e. The van der Waals surface area contributed by atoms with Gasteiger partial charge in [0.05, 0.1) is 0 Å². The molecule has 0 radical (unpaired) electrons. The van der Waals surface area contributed by atoms with E-state index >= 15 is 0 Å². The van der Waals surface area contributed by atoms with Gasteiger partial charge in [-0.1, -0.05) is 11.6 Å². The van der Waals surface area contributed by atoms with E-state index in [-0.39, 0.29) is 5.82 Å². The van der Waals surface area contributed by atoms with E-state index in [2.05, 4.69) is 15.3 Å². The number of hydrogen-bond acceptors (Lipinski definition) is 3. The van der Waals surface area contributed by atoms with Gasteiger partial charge in [0.15, 0.2) is 0 Å². The Morgan fingerprint density at radius 1 is 1.17 bits per heavy atom. The second-order valence-corrected chi connectivity index (χ2v) is 4.73. The lowest BCUT2D eigenvalue weighted by Gasteiger charge is -2.07. The van der Waals surface area contributed by atoms with Crippen LogP contribution in [0.2, 0.25) is 5.15 Å². The molecule has 0 aliphatic heterocycles. The predicted octanol–water partition coefficient (Wildman–Crippen LogP) is 3.89. The Morgan fingerprint density at radius 3 is 2.56 bits per heavy atom. The molecule has 1 aliphatic rings. The van der Waals surface area contributed by atoms with E-state index in [1.807, 2.05) is 0 Å². The van der Waals surface area contributed by atoms with Gasteiger partial charge in [-0.05, 0) is 37.1 Å². The van der Waals surface area contributed by atoms with Gasteiger partial charge in [0.1, 0.15) is 22.6 Å². The summed E-state index contributed by atoms with van der Waals surface area (Å²) >= 11 is 5.96. The maximum Gasteiger partial charge on any atom is 0.135 e. The van der Waals surface area contributed by atoms with Crippen molar-refractivity contribution < 1.29 is 4.39 Å². The van der Waals surface area contributed by atoms with E-state index in [1.54, 1.807) is 18.2 Å². The highest BCUT2D eigenvalue weighted by atomic mass is 35.5. The standard InChI is InChI=1S/C13H11ClFN3/c14-11-7-12(18-13(17-11)8-1-2-8)16-10-5-3-9(15)4-6-10/h3-8H,1-2H2,(H,16,17,18). The average molecular weight is 264 g/mol. The van der Waals surface area contributed by atoms with Crippen LogP contribution in [-0.4, -0.2) is 9.97 Å². The van der Waals surface area contributed by atoms with E-state index in [0.29, 0.717) is 16.9 Å². The lowest BCUT2D eigenvalue weighted by molar-refractivity contribution is 0.628. The third-order valence-corrected chi connectivity index (χ3v) is 2.96. The lowest BCUT2D eigenvalue weighted by atomic mass is 10.3. The van der Waals surface area contributed by atoms with Gasteiger partial charge < -0.3 is 5.32 Å². The monoisotopic (exact) mass is 263 g/mol. The minimum Gasteiger partial charge on any atom is -0.340 e. The molecule has 0 bridgehead atoms. The summed E-state index contributed by atoms with van der Waals surface area (Å²) in [6.45, 7) is 0. The van der Waals surface area contributed by atoms with E-state index in [9.17, 15) is 4.39 Å². The Bertz CT molecular complexity index is 567. The Hall–Kier alpha value is -1.68. The van der Waals surface area contributed by atoms with Crippen LogP contribution in [0, 0.1) is 5.82 Å². The zero-order chi connectivity index (χ0) is 12.5. The number of rotatable bonds is 3. The molecule has 3 rings (SSSR count). The van der Waals surface area contributed by atoms with Gasteiger partial charge in [-0.15, -0.1) is 0 Å². The third kappa shape index (κ3) is 2.59. The van der Waals surface area contributed by atoms with Crippen molar-refractivity contribution in [3.63, 3.8) is 0 Å². The molecule has 2 aromatic rings. The maximum absolute atomic E-state index is 12.8. The summed E-state index contributed by atoms with van der Waals surface area (Å²) < 4.78 is 12.8. The smallest absolute Gasteiger partial charge is 0.135 e. The third-order valence-electron chi connectivity index (χ3n) is 2.77. The fourth-order valence-corrected chi connectivity index (χ4v) is 1.89. The van der Waals surface area contributed by atoms with Crippen molar-refractivity contribution in [2.45, 2.75) is 18.8 Å². The van der Waals surface area contributed by atoms with E-state index < -0.39 is 0 Å². The van der Waals surface area contributed by atoms with Crippen LogP contribution in [0.25, 0.3) is 0 Å². The van der Waals surface area contributed by atoms with Crippen molar-refractivity contribution in [3.05, 3.63) is 47.1 Å². The minimum absolute atomic E-state index is 0.264. The molecule has 0 saturated heterocycles. The zero-order valence-corrected chi connectivity index (χ0v) is 10.3. The molecule has 92 valence electrons. The summed E-state index contributed by atoms with van der Waals surface area (Å²) in [6, 6.07) is 7.76. The Labute approximate surface area is 109 Å². The zero-order valence-electron chi connectivity index (χ0n) is 9.53. The molecule has 1 aromatic heterocycles. The van der Waals surface area contributed by atoms with Gasteiger partial charge in [0, 0.05) is 17.7 Å². The molecule has 1 saturated carbocycles. The van der Waals surface area contributed by atoms with Crippen LogP contribution < -0.4 is 5.32 Å². The van der Waals surface area contributed by atoms with Gasteiger partial charge >= 0.3 is 0 Å². The molecule has 1 aromatic carbocycles. The van der Waals surface area contributed by atoms with Crippen molar-refractivity contribution in [2.75, 3.05) is 5.32 Å². The molecule has 5 heteroatoms. The summed E-state index contributed by atoms with van der Waals surface area (Å²) in [5.74, 6) is 1.60. The molecule has 1 aliphatic carbocycles. The number of nitrogens with one attached hydrogen (secondary N) is 1. The SMILES string of the molecule is Fc1ccc(Nc2cc(Cl)nc(C3CC3)n2)cc1. The number of aromatic nitrogens is 2. The van der Waals surface area contributed by atoms with Crippen molar-refractivity contribution in [2.24, 2.45) is 0 Å². The Balaban J connectivity index is 1.85. The first kappa shape index (κ1) is 11.4. The predicted molar refractivity (Wildman–Crippen MR) is 68.7 cm³/mol. The molecule has 0 unspecified atom stereocenters. The molecule has 1 N–H and O–H groups in total. The van der Waals surface area contributed by atoms with Crippen molar-refractivity contribution >= 4 is 23.1 Å². The van der Waals surface area contributed by atoms with Crippen LogP contribution in [0.3, 0.4) is 0 Å². The molecule has 18 heavy (non-hydrogen) atoms. The number of benzene rings is 1. The topological polar surface area (TPSA) is 37.8 Å². The minimum atomic E-state index is -0.264. The van der Waals surface area contributed by atoms with E-state index in [0.717, 1.165) is 24.4 Å². The molecule has 0 spiro atoms. The summed E-state index contributed by atoms with van der Waals surface area (Å²) in [7, 11) is 0. The Morgan fingerprint density at radius 2 is 1.89 bits per heavy atom. The van der Waals surface area contributed by atoms with Crippen LogP contribution >= 0.6 is 11.6 Å².